The van der Waals surface area contributed by atoms with Crippen LogP contribution < -0.4 is 5.73 Å². The molecule has 0 saturated carbocycles. The lowest BCUT2D eigenvalue weighted by Gasteiger charge is -1.89. The summed E-state index contributed by atoms with van der Waals surface area (Å²) in [6.45, 7) is 3.63. The van der Waals surface area contributed by atoms with Gasteiger partial charge in [-0.1, -0.05) is 6.08 Å². The summed E-state index contributed by atoms with van der Waals surface area (Å²) in [6.07, 6.45) is 2.76. The molecule has 1 aromatic heterocycles. The minimum absolute atomic E-state index is 0.889. The van der Waals surface area contributed by atoms with Gasteiger partial charge in [0, 0.05) is 17.0 Å². The molecule has 1 nitrogen and oxygen atoms in total. The topological polar surface area (TPSA) is 26.0 Å². The van der Waals surface area contributed by atoms with Crippen LogP contribution in [0.4, 0.5) is 5.69 Å². The molecule has 0 aliphatic heterocycles. The molecule has 0 fully saturated rings. The van der Waals surface area contributed by atoms with Crippen LogP contribution in [0, 0.1) is 0 Å². The number of nitrogen functional groups attached to an aromatic ring is 1. The van der Waals surface area contributed by atoms with E-state index in [0.29, 0.717) is 0 Å². The summed E-state index contributed by atoms with van der Waals surface area (Å²) in [5.74, 6) is 0. The number of rotatable bonds is 2. The molecule has 2 heteroatoms. The summed E-state index contributed by atoms with van der Waals surface area (Å²) in [5.41, 5.74) is 6.48. The molecule has 0 aromatic carbocycles. The van der Waals surface area contributed by atoms with Crippen molar-refractivity contribution in [3.63, 3.8) is 0 Å². The van der Waals surface area contributed by atoms with Gasteiger partial charge >= 0.3 is 0 Å². The predicted molar refractivity (Wildman–Crippen MR) is 42.6 cm³/mol. The monoisotopic (exact) mass is 139 g/mol. The van der Waals surface area contributed by atoms with Crippen molar-refractivity contribution in [2.45, 2.75) is 6.42 Å². The maximum absolute atomic E-state index is 5.59. The van der Waals surface area contributed by atoms with Crippen LogP contribution in [0.25, 0.3) is 0 Å². The quantitative estimate of drug-likeness (QED) is 0.623. The second-order valence-electron chi connectivity index (χ2n) is 1.79. The average Bonchev–Trinajstić information content (AvgIpc) is 2.18. The van der Waals surface area contributed by atoms with E-state index >= 15 is 0 Å². The van der Waals surface area contributed by atoms with E-state index in [0.717, 1.165) is 12.1 Å². The van der Waals surface area contributed by atoms with Crippen molar-refractivity contribution in [2.24, 2.45) is 0 Å². The smallest absolute Gasteiger partial charge is 0.0458 e. The van der Waals surface area contributed by atoms with Crippen molar-refractivity contribution in [3.05, 3.63) is 29.0 Å². The summed E-state index contributed by atoms with van der Waals surface area (Å²) < 4.78 is 0. The summed E-state index contributed by atoms with van der Waals surface area (Å²) in [4.78, 5) is 1.21. The van der Waals surface area contributed by atoms with Gasteiger partial charge in [-0.2, -0.15) is 0 Å². The van der Waals surface area contributed by atoms with Crippen LogP contribution in [0.1, 0.15) is 4.88 Å². The Balaban J connectivity index is 2.80. The third-order valence-electron chi connectivity index (χ3n) is 1.11. The van der Waals surface area contributed by atoms with Gasteiger partial charge in [-0.25, -0.2) is 0 Å². The highest BCUT2D eigenvalue weighted by molar-refractivity contribution is 7.10. The lowest BCUT2D eigenvalue weighted by Crippen LogP contribution is -1.84. The molecule has 2 N–H and O–H groups in total. The molecule has 0 spiro atoms. The Morgan fingerprint density at radius 1 is 1.78 bits per heavy atom. The van der Waals surface area contributed by atoms with Crippen molar-refractivity contribution in [2.75, 3.05) is 5.73 Å². The van der Waals surface area contributed by atoms with Crippen LogP contribution in [0.3, 0.4) is 0 Å². The largest absolute Gasteiger partial charge is 0.398 e. The first-order chi connectivity index (χ1) is 4.34. The lowest BCUT2D eigenvalue weighted by molar-refractivity contribution is 1.36. The highest BCUT2D eigenvalue weighted by Crippen LogP contribution is 2.18. The molecule has 0 atom stereocenters. The van der Waals surface area contributed by atoms with Gasteiger partial charge in [0.2, 0.25) is 0 Å². The van der Waals surface area contributed by atoms with Gasteiger partial charge < -0.3 is 5.73 Å². The second kappa shape index (κ2) is 2.69. The summed E-state index contributed by atoms with van der Waals surface area (Å²) in [7, 11) is 0. The maximum Gasteiger partial charge on any atom is 0.0458 e. The van der Waals surface area contributed by atoms with Crippen molar-refractivity contribution in [1.82, 2.24) is 0 Å². The fourth-order valence-electron chi connectivity index (χ4n) is 0.648. The molecule has 0 aliphatic rings. The Morgan fingerprint density at radius 3 is 3.00 bits per heavy atom. The summed E-state index contributed by atoms with van der Waals surface area (Å²) >= 11 is 1.68. The second-order valence-corrected chi connectivity index (χ2v) is 2.79. The molecule has 0 bridgehead atoms. The molecule has 0 aliphatic carbocycles. The number of hydrogen-bond acceptors (Lipinski definition) is 2. The Kier molecular flexibility index (Phi) is 1.90. The SMILES string of the molecule is C=CCc1sccc1N. The van der Waals surface area contributed by atoms with E-state index < -0.39 is 0 Å². The van der Waals surface area contributed by atoms with E-state index in [-0.39, 0.29) is 0 Å². The van der Waals surface area contributed by atoms with Crippen LogP contribution in [-0.2, 0) is 6.42 Å². The van der Waals surface area contributed by atoms with Crippen LogP contribution in [0.15, 0.2) is 24.1 Å². The molecule has 1 rings (SSSR count). The van der Waals surface area contributed by atoms with Gasteiger partial charge in [-0.05, 0) is 11.4 Å². The van der Waals surface area contributed by atoms with Crippen LogP contribution in [0.2, 0.25) is 0 Å². The van der Waals surface area contributed by atoms with Crippen molar-refractivity contribution in [3.8, 4) is 0 Å². The molecule has 1 aromatic rings. The molecule has 9 heavy (non-hydrogen) atoms. The van der Waals surface area contributed by atoms with E-state index in [4.69, 9.17) is 5.73 Å². The standard InChI is InChI=1S/C7H9NS/c1-2-3-7-6(8)4-5-9-7/h2,4-5H,1,3,8H2. The first-order valence-corrected chi connectivity index (χ1v) is 3.65. The van der Waals surface area contributed by atoms with Crippen molar-refractivity contribution in [1.29, 1.82) is 0 Å². The normalized spacial score (nSPS) is 9.33. The van der Waals surface area contributed by atoms with E-state index in [9.17, 15) is 0 Å². The number of anilines is 1. The first kappa shape index (κ1) is 6.36. The van der Waals surface area contributed by atoms with Gasteiger partial charge in [0.15, 0.2) is 0 Å². The zero-order valence-corrected chi connectivity index (χ0v) is 5.95. The van der Waals surface area contributed by atoms with E-state index in [1.54, 1.807) is 11.3 Å². The van der Waals surface area contributed by atoms with Gasteiger partial charge in [-0.15, -0.1) is 17.9 Å². The molecule has 48 valence electrons. The zero-order chi connectivity index (χ0) is 6.69. The third-order valence-corrected chi connectivity index (χ3v) is 2.07. The zero-order valence-electron chi connectivity index (χ0n) is 5.13. The molecule has 0 saturated heterocycles. The Hall–Kier alpha value is -0.760. The molecule has 0 unspecified atom stereocenters. The van der Waals surface area contributed by atoms with Crippen LogP contribution in [-0.4, -0.2) is 0 Å². The lowest BCUT2D eigenvalue weighted by atomic mass is 10.3. The molecular formula is C7H9NS. The fourth-order valence-corrected chi connectivity index (χ4v) is 1.44. The Morgan fingerprint density at radius 2 is 2.56 bits per heavy atom. The van der Waals surface area contributed by atoms with Gasteiger partial charge in [-0.3, -0.25) is 0 Å². The van der Waals surface area contributed by atoms with E-state index in [2.05, 4.69) is 6.58 Å². The van der Waals surface area contributed by atoms with Gasteiger partial charge in [0.25, 0.3) is 0 Å². The number of hydrogen-bond donors (Lipinski definition) is 1. The van der Waals surface area contributed by atoms with Gasteiger partial charge in [0.05, 0.1) is 0 Å². The molecule has 0 radical (unpaired) electrons. The minimum Gasteiger partial charge on any atom is -0.398 e. The molecular weight excluding hydrogens is 130 g/mol. The van der Waals surface area contributed by atoms with E-state index in [1.807, 2.05) is 17.5 Å². The third kappa shape index (κ3) is 1.33. The number of allylic oxidation sites excluding steroid dienone is 1. The van der Waals surface area contributed by atoms with Crippen molar-refractivity contribution >= 4 is 17.0 Å². The molecule has 0 amide bonds. The van der Waals surface area contributed by atoms with Crippen LogP contribution >= 0.6 is 11.3 Å². The first-order valence-electron chi connectivity index (χ1n) is 2.77. The number of nitrogens with two attached hydrogens (primary N) is 1. The Bertz CT molecular complexity index is 202. The highest BCUT2D eigenvalue weighted by Gasteiger charge is 1.94. The maximum atomic E-state index is 5.59. The summed E-state index contributed by atoms with van der Waals surface area (Å²) in [6, 6.07) is 1.92. The predicted octanol–water partition coefficient (Wildman–Crippen LogP) is 2.06. The highest BCUT2D eigenvalue weighted by atomic mass is 32.1. The van der Waals surface area contributed by atoms with E-state index in [1.165, 1.54) is 4.88 Å². The average molecular weight is 139 g/mol. The van der Waals surface area contributed by atoms with Crippen molar-refractivity contribution < 1.29 is 0 Å². The fraction of sp³-hybridized carbons (Fsp3) is 0.143. The summed E-state index contributed by atoms with van der Waals surface area (Å²) in [5, 5.41) is 1.99. The Labute approximate surface area is 58.8 Å². The minimum atomic E-state index is 0.889. The number of thiophene rings is 1. The van der Waals surface area contributed by atoms with Crippen LogP contribution in [0.5, 0.6) is 0 Å². The molecule has 1 heterocycles. The van der Waals surface area contributed by atoms with Gasteiger partial charge in [0.1, 0.15) is 0 Å².